The van der Waals surface area contributed by atoms with Gasteiger partial charge in [-0.2, -0.15) is 5.10 Å². The Morgan fingerprint density at radius 1 is 1.12 bits per heavy atom. The molecule has 0 spiro atoms. The van der Waals surface area contributed by atoms with Gasteiger partial charge in [0.05, 0.1) is 18.4 Å². The van der Waals surface area contributed by atoms with E-state index in [0.29, 0.717) is 12.2 Å². The van der Waals surface area contributed by atoms with Gasteiger partial charge in [0.2, 0.25) is 5.91 Å². The Morgan fingerprint density at radius 2 is 1.88 bits per heavy atom. The third-order valence-corrected chi connectivity index (χ3v) is 3.39. The molecule has 0 aliphatic carbocycles. The van der Waals surface area contributed by atoms with Crippen LogP contribution in [0.1, 0.15) is 11.1 Å². The van der Waals surface area contributed by atoms with Crippen molar-refractivity contribution in [1.82, 2.24) is 9.78 Å². The fraction of sp³-hybridized carbons (Fsp3) is 0.0526. The fourth-order valence-electron chi connectivity index (χ4n) is 2.21. The van der Waals surface area contributed by atoms with Crippen LogP contribution in [0.2, 0.25) is 0 Å². The van der Waals surface area contributed by atoms with E-state index in [4.69, 9.17) is 0 Å². The van der Waals surface area contributed by atoms with Crippen LogP contribution in [0.25, 0.3) is 6.08 Å². The maximum absolute atomic E-state index is 12.8. The molecule has 0 bridgehead atoms. The lowest BCUT2D eigenvalue weighted by Crippen LogP contribution is -2.07. The van der Waals surface area contributed by atoms with E-state index in [9.17, 15) is 9.18 Å². The van der Waals surface area contributed by atoms with Gasteiger partial charge in [-0.1, -0.05) is 42.5 Å². The summed E-state index contributed by atoms with van der Waals surface area (Å²) >= 11 is 0. The lowest BCUT2D eigenvalue weighted by Gasteiger charge is -2.01. The number of aromatic nitrogens is 2. The molecule has 5 heteroatoms. The van der Waals surface area contributed by atoms with Crippen LogP contribution >= 0.6 is 0 Å². The molecule has 2 aromatic carbocycles. The molecule has 0 radical (unpaired) electrons. The van der Waals surface area contributed by atoms with Crippen molar-refractivity contribution in [3.63, 3.8) is 0 Å². The predicted octanol–water partition coefficient (Wildman–Crippen LogP) is 3.72. The Kier molecular flexibility index (Phi) is 4.81. The molecule has 3 aromatic rings. The highest BCUT2D eigenvalue weighted by Crippen LogP contribution is 2.09. The number of amides is 1. The molecule has 1 aromatic heterocycles. The Bertz CT molecular complexity index is 839. The number of hydrogen-bond acceptors (Lipinski definition) is 2. The average Bonchev–Trinajstić information content (AvgIpc) is 3.02. The van der Waals surface area contributed by atoms with Gasteiger partial charge in [-0.25, -0.2) is 4.39 Å². The second kappa shape index (κ2) is 7.37. The third kappa shape index (κ3) is 4.39. The van der Waals surface area contributed by atoms with E-state index in [0.717, 1.165) is 11.1 Å². The molecule has 120 valence electrons. The first-order valence-corrected chi connectivity index (χ1v) is 7.50. The van der Waals surface area contributed by atoms with Crippen LogP contribution in [0.5, 0.6) is 0 Å². The lowest BCUT2D eigenvalue weighted by molar-refractivity contribution is -0.111. The normalized spacial score (nSPS) is 10.9. The maximum atomic E-state index is 12.8. The second-order valence-electron chi connectivity index (χ2n) is 5.29. The lowest BCUT2D eigenvalue weighted by atomic mass is 10.2. The van der Waals surface area contributed by atoms with Crippen molar-refractivity contribution in [2.75, 3.05) is 5.32 Å². The van der Waals surface area contributed by atoms with Gasteiger partial charge in [-0.15, -0.1) is 0 Å². The molecule has 0 atom stereocenters. The van der Waals surface area contributed by atoms with Gasteiger partial charge < -0.3 is 5.32 Å². The molecule has 24 heavy (non-hydrogen) atoms. The summed E-state index contributed by atoms with van der Waals surface area (Å²) in [6.45, 7) is 0.641. The van der Waals surface area contributed by atoms with E-state index in [1.807, 2.05) is 30.3 Å². The van der Waals surface area contributed by atoms with Gasteiger partial charge in [-0.05, 0) is 29.3 Å². The first-order valence-electron chi connectivity index (χ1n) is 7.50. The molecule has 4 nitrogen and oxygen atoms in total. The first-order chi connectivity index (χ1) is 11.7. The SMILES string of the molecule is O=C(/C=C/c1ccc(F)cc1)Nc1cnn(Cc2ccccc2)c1. The summed E-state index contributed by atoms with van der Waals surface area (Å²) in [7, 11) is 0. The van der Waals surface area contributed by atoms with Crippen molar-refractivity contribution in [3.05, 3.63) is 90.0 Å². The molecule has 1 N–H and O–H groups in total. The quantitative estimate of drug-likeness (QED) is 0.728. The summed E-state index contributed by atoms with van der Waals surface area (Å²) in [5.41, 5.74) is 2.51. The highest BCUT2D eigenvalue weighted by atomic mass is 19.1. The number of carbonyl (C=O) groups excluding carboxylic acids is 1. The van der Waals surface area contributed by atoms with Crippen molar-refractivity contribution in [2.45, 2.75) is 6.54 Å². The minimum atomic E-state index is -0.303. The van der Waals surface area contributed by atoms with Gasteiger partial charge in [0.1, 0.15) is 5.82 Å². The van der Waals surface area contributed by atoms with E-state index in [1.165, 1.54) is 18.2 Å². The smallest absolute Gasteiger partial charge is 0.248 e. The van der Waals surface area contributed by atoms with Crippen LogP contribution in [-0.4, -0.2) is 15.7 Å². The molecule has 1 heterocycles. The van der Waals surface area contributed by atoms with Gasteiger partial charge in [0, 0.05) is 12.3 Å². The number of halogens is 1. The average molecular weight is 321 g/mol. The zero-order valence-corrected chi connectivity index (χ0v) is 12.9. The Labute approximate surface area is 139 Å². The van der Waals surface area contributed by atoms with E-state index in [1.54, 1.807) is 35.3 Å². The maximum Gasteiger partial charge on any atom is 0.248 e. The summed E-state index contributed by atoms with van der Waals surface area (Å²) in [5.74, 6) is -0.569. The zero-order chi connectivity index (χ0) is 16.8. The number of hydrogen-bond donors (Lipinski definition) is 1. The number of anilines is 1. The standard InChI is InChI=1S/C19H16FN3O/c20-17-9-6-15(7-10-17)8-11-19(24)22-18-12-21-23(14-18)13-16-4-2-1-3-5-16/h1-12,14H,13H2,(H,22,24)/b11-8+. The van der Waals surface area contributed by atoms with Crippen LogP contribution in [0.4, 0.5) is 10.1 Å². The van der Waals surface area contributed by atoms with Gasteiger partial charge in [0.25, 0.3) is 0 Å². The van der Waals surface area contributed by atoms with Gasteiger partial charge >= 0.3 is 0 Å². The monoisotopic (exact) mass is 321 g/mol. The largest absolute Gasteiger partial charge is 0.320 e. The molecule has 0 unspecified atom stereocenters. The number of nitrogens with one attached hydrogen (secondary N) is 1. The summed E-state index contributed by atoms with van der Waals surface area (Å²) in [5, 5.41) is 6.98. The Hall–Kier alpha value is -3.21. The fourth-order valence-corrected chi connectivity index (χ4v) is 2.21. The van der Waals surface area contributed by atoms with Crippen molar-refractivity contribution < 1.29 is 9.18 Å². The molecule has 3 rings (SSSR count). The number of carbonyl (C=O) groups is 1. The van der Waals surface area contributed by atoms with Crippen LogP contribution in [-0.2, 0) is 11.3 Å². The van der Waals surface area contributed by atoms with Gasteiger partial charge in [-0.3, -0.25) is 9.48 Å². The third-order valence-electron chi connectivity index (χ3n) is 3.39. The van der Waals surface area contributed by atoms with Crippen LogP contribution in [0.15, 0.2) is 73.1 Å². The van der Waals surface area contributed by atoms with E-state index < -0.39 is 0 Å². The second-order valence-corrected chi connectivity index (χ2v) is 5.29. The highest BCUT2D eigenvalue weighted by molar-refractivity contribution is 6.01. The molecule has 1 amide bonds. The highest BCUT2D eigenvalue weighted by Gasteiger charge is 2.02. The van der Waals surface area contributed by atoms with Crippen molar-refractivity contribution in [3.8, 4) is 0 Å². The van der Waals surface area contributed by atoms with Crippen molar-refractivity contribution >= 4 is 17.7 Å². The summed E-state index contributed by atoms with van der Waals surface area (Å²) < 4.78 is 14.6. The summed E-state index contributed by atoms with van der Waals surface area (Å²) in [6, 6.07) is 15.9. The number of benzene rings is 2. The minimum Gasteiger partial charge on any atom is -0.320 e. The number of rotatable bonds is 5. The Balaban J connectivity index is 1.58. The van der Waals surface area contributed by atoms with E-state index in [2.05, 4.69) is 10.4 Å². The zero-order valence-electron chi connectivity index (χ0n) is 12.9. The predicted molar refractivity (Wildman–Crippen MR) is 91.8 cm³/mol. The molecule has 0 aliphatic heterocycles. The van der Waals surface area contributed by atoms with Crippen LogP contribution < -0.4 is 5.32 Å². The molecule has 0 fully saturated rings. The molecular weight excluding hydrogens is 305 g/mol. The topological polar surface area (TPSA) is 46.9 Å². The molecule has 0 saturated heterocycles. The van der Waals surface area contributed by atoms with Crippen molar-refractivity contribution in [1.29, 1.82) is 0 Å². The molecule has 0 aliphatic rings. The van der Waals surface area contributed by atoms with E-state index >= 15 is 0 Å². The summed E-state index contributed by atoms with van der Waals surface area (Å²) in [4.78, 5) is 11.9. The molecular formula is C19H16FN3O. The van der Waals surface area contributed by atoms with Gasteiger partial charge in [0.15, 0.2) is 0 Å². The number of nitrogens with zero attached hydrogens (tertiary/aromatic N) is 2. The van der Waals surface area contributed by atoms with Crippen LogP contribution in [0.3, 0.4) is 0 Å². The minimum absolute atomic E-state index is 0.265. The molecule has 0 saturated carbocycles. The van der Waals surface area contributed by atoms with E-state index in [-0.39, 0.29) is 11.7 Å². The van der Waals surface area contributed by atoms with Crippen LogP contribution in [0, 0.1) is 5.82 Å². The van der Waals surface area contributed by atoms with Crippen molar-refractivity contribution in [2.24, 2.45) is 0 Å². The summed E-state index contributed by atoms with van der Waals surface area (Å²) in [6.07, 6.45) is 6.41. The Morgan fingerprint density at radius 3 is 2.62 bits per heavy atom. The first kappa shape index (κ1) is 15.7.